The molecule has 0 fully saturated rings. The van der Waals surface area contributed by atoms with Crippen molar-refractivity contribution in [2.75, 3.05) is 0 Å². The van der Waals surface area contributed by atoms with Crippen molar-refractivity contribution in [3.63, 3.8) is 0 Å². The lowest BCUT2D eigenvalue weighted by Crippen LogP contribution is -2.13. The van der Waals surface area contributed by atoms with Crippen LogP contribution in [0.25, 0.3) is 0 Å². The molecule has 0 saturated carbocycles. The molecule has 5 heteroatoms. The summed E-state index contributed by atoms with van der Waals surface area (Å²) in [4.78, 5) is 15.0. The maximum absolute atomic E-state index is 11.0. The van der Waals surface area contributed by atoms with Crippen molar-refractivity contribution in [3.05, 3.63) is 53.6 Å². The molecule has 0 saturated heterocycles. The number of hydrogen-bond acceptors (Lipinski definition) is 3. The summed E-state index contributed by atoms with van der Waals surface area (Å²) in [5.41, 5.74) is 2.27. The van der Waals surface area contributed by atoms with E-state index in [4.69, 9.17) is 10.4 Å². The van der Waals surface area contributed by atoms with Crippen molar-refractivity contribution >= 4 is 5.97 Å². The molecule has 1 aromatic carbocycles. The van der Waals surface area contributed by atoms with Crippen LogP contribution in [0.3, 0.4) is 0 Å². The third-order valence-electron chi connectivity index (χ3n) is 2.99. The SMILES string of the molecule is CC(C(=O)O)c1cncn1Cc1ccc(C#N)cc1. The number of hydrogen-bond donors (Lipinski definition) is 1. The Kier molecular flexibility index (Phi) is 3.62. The first-order chi connectivity index (χ1) is 9.11. The van der Waals surface area contributed by atoms with Crippen molar-refractivity contribution in [1.82, 2.24) is 9.55 Å². The molecule has 1 unspecified atom stereocenters. The summed E-state index contributed by atoms with van der Waals surface area (Å²) in [5, 5.41) is 17.8. The second-order valence-electron chi connectivity index (χ2n) is 4.32. The van der Waals surface area contributed by atoms with Crippen LogP contribution in [0.2, 0.25) is 0 Å². The molecule has 1 N–H and O–H groups in total. The average molecular weight is 255 g/mol. The van der Waals surface area contributed by atoms with Gasteiger partial charge >= 0.3 is 5.97 Å². The van der Waals surface area contributed by atoms with Gasteiger partial charge < -0.3 is 9.67 Å². The molecule has 0 bridgehead atoms. The maximum Gasteiger partial charge on any atom is 0.312 e. The number of aliphatic carboxylic acids is 1. The zero-order chi connectivity index (χ0) is 13.8. The number of carboxylic acid groups (broad SMARTS) is 1. The predicted octanol–water partition coefficient (Wildman–Crippen LogP) is 1.99. The average Bonchev–Trinajstić information content (AvgIpc) is 2.86. The summed E-state index contributed by atoms with van der Waals surface area (Å²) < 4.78 is 1.81. The number of aromatic nitrogens is 2. The number of carboxylic acids is 1. The normalized spacial score (nSPS) is 11.8. The van der Waals surface area contributed by atoms with E-state index in [0.717, 1.165) is 5.56 Å². The van der Waals surface area contributed by atoms with Crippen LogP contribution in [0.15, 0.2) is 36.8 Å². The predicted molar refractivity (Wildman–Crippen MR) is 68.5 cm³/mol. The molecule has 0 aliphatic carbocycles. The van der Waals surface area contributed by atoms with E-state index in [1.165, 1.54) is 0 Å². The molecule has 0 amide bonds. The topological polar surface area (TPSA) is 78.9 Å². The molecule has 96 valence electrons. The van der Waals surface area contributed by atoms with Crippen LogP contribution >= 0.6 is 0 Å². The number of imidazole rings is 1. The van der Waals surface area contributed by atoms with E-state index in [9.17, 15) is 4.79 Å². The number of nitrogens with zero attached hydrogens (tertiary/aromatic N) is 3. The highest BCUT2D eigenvalue weighted by molar-refractivity contribution is 5.74. The van der Waals surface area contributed by atoms with Crippen molar-refractivity contribution in [3.8, 4) is 6.07 Å². The Bertz CT molecular complexity index is 623. The zero-order valence-corrected chi connectivity index (χ0v) is 10.4. The molecule has 5 nitrogen and oxygen atoms in total. The van der Waals surface area contributed by atoms with Gasteiger partial charge in [0.2, 0.25) is 0 Å². The van der Waals surface area contributed by atoms with E-state index < -0.39 is 11.9 Å². The van der Waals surface area contributed by atoms with E-state index in [-0.39, 0.29) is 0 Å². The van der Waals surface area contributed by atoms with E-state index in [2.05, 4.69) is 11.1 Å². The minimum atomic E-state index is -0.874. The number of carbonyl (C=O) groups is 1. The monoisotopic (exact) mass is 255 g/mol. The van der Waals surface area contributed by atoms with E-state index in [1.54, 1.807) is 36.1 Å². The fourth-order valence-corrected chi connectivity index (χ4v) is 1.83. The van der Waals surface area contributed by atoms with Crippen molar-refractivity contribution in [1.29, 1.82) is 5.26 Å². The zero-order valence-electron chi connectivity index (χ0n) is 10.4. The molecule has 1 aromatic heterocycles. The molecule has 0 aliphatic heterocycles. The van der Waals surface area contributed by atoms with Crippen LogP contribution < -0.4 is 0 Å². The van der Waals surface area contributed by atoms with Crippen LogP contribution in [0.4, 0.5) is 0 Å². The first kappa shape index (κ1) is 12.8. The Morgan fingerprint density at radius 3 is 2.74 bits per heavy atom. The Labute approximate surface area is 110 Å². The number of rotatable bonds is 4. The van der Waals surface area contributed by atoms with Crippen LogP contribution in [0, 0.1) is 11.3 Å². The second-order valence-corrected chi connectivity index (χ2v) is 4.32. The van der Waals surface area contributed by atoms with Gasteiger partial charge in [0.1, 0.15) is 0 Å². The van der Waals surface area contributed by atoms with Gasteiger partial charge in [-0.3, -0.25) is 4.79 Å². The molecule has 1 heterocycles. The smallest absolute Gasteiger partial charge is 0.312 e. The summed E-state index contributed by atoms with van der Waals surface area (Å²) >= 11 is 0. The highest BCUT2D eigenvalue weighted by Crippen LogP contribution is 2.16. The van der Waals surface area contributed by atoms with Crippen LogP contribution in [-0.2, 0) is 11.3 Å². The van der Waals surface area contributed by atoms with Gasteiger partial charge in [-0.05, 0) is 24.6 Å². The standard InChI is InChI=1S/C14H13N3O2/c1-10(14(18)19)13-7-16-9-17(13)8-12-4-2-11(6-15)3-5-12/h2-5,7,9-10H,8H2,1H3,(H,18,19). The fourth-order valence-electron chi connectivity index (χ4n) is 1.83. The molecule has 0 radical (unpaired) electrons. The highest BCUT2D eigenvalue weighted by Gasteiger charge is 2.17. The fraction of sp³-hybridized carbons (Fsp3) is 0.214. The molecule has 0 spiro atoms. The minimum Gasteiger partial charge on any atom is -0.481 e. The van der Waals surface area contributed by atoms with E-state index in [0.29, 0.717) is 17.8 Å². The Morgan fingerprint density at radius 1 is 1.47 bits per heavy atom. The Hall–Kier alpha value is -2.61. The van der Waals surface area contributed by atoms with Crippen LogP contribution in [0.1, 0.15) is 29.7 Å². The van der Waals surface area contributed by atoms with Gasteiger partial charge in [0.05, 0.1) is 29.6 Å². The number of nitriles is 1. The molecule has 2 rings (SSSR count). The lowest BCUT2D eigenvalue weighted by Gasteiger charge is -2.11. The highest BCUT2D eigenvalue weighted by atomic mass is 16.4. The summed E-state index contributed by atoms with van der Waals surface area (Å²) in [6, 6.07) is 9.26. The van der Waals surface area contributed by atoms with Crippen molar-refractivity contribution in [2.24, 2.45) is 0 Å². The first-order valence-electron chi connectivity index (χ1n) is 5.83. The molecule has 19 heavy (non-hydrogen) atoms. The van der Waals surface area contributed by atoms with E-state index >= 15 is 0 Å². The Morgan fingerprint density at radius 2 is 2.16 bits per heavy atom. The van der Waals surface area contributed by atoms with Gasteiger partial charge in [-0.2, -0.15) is 5.26 Å². The first-order valence-corrected chi connectivity index (χ1v) is 5.83. The van der Waals surface area contributed by atoms with Gasteiger partial charge in [0.25, 0.3) is 0 Å². The quantitative estimate of drug-likeness (QED) is 0.906. The lowest BCUT2D eigenvalue weighted by atomic mass is 10.1. The second kappa shape index (κ2) is 5.36. The molecule has 0 aliphatic rings. The summed E-state index contributed by atoms with van der Waals surface area (Å²) in [5.74, 6) is -1.47. The summed E-state index contributed by atoms with van der Waals surface area (Å²) in [6.07, 6.45) is 3.19. The van der Waals surface area contributed by atoms with Crippen molar-refractivity contribution in [2.45, 2.75) is 19.4 Å². The summed E-state index contributed by atoms with van der Waals surface area (Å²) in [7, 11) is 0. The van der Waals surface area contributed by atoms with Gasteiger partial charge in [-0.1, -0.05) is 12.1 Å². The molecular formula is C14H13N3O2. The van der Waals surface area contributed by atoms with Gasteiger partial charge in [0.15, 0.2) is 0 Å². The third-order valence-corrected chi connectivity index (χ3v) is 2.99. The van der Waals surface area contributed by atoms with Crippen molar-refractivity contribution < 1.29 is 9.90 Å². The van der Waals surface area contributed by atoms with Crippen LogP contribution in [0.5, 0.6) is 0 Å². The number of benzene rings is 1. The van der Waals surface area contributed by atoms with Gasteiger partial charge in [0, 0.05) is 12.7 Å². The van der Waals surface area contributed by atoms with E-state index in [1.807, 2.05) is 12.1 Å². The largest absolute Gasteiger partial charge is 0.481 e. The lowest BCUT2D eigenvalue weighted by molar-refractivity contribution is -0.138. The van der Waals surface area contributed by atoms with Gasteiger partial charge in [-0.25, -0.2) is 4.98 Å². The van der Waals surface area contributed by atoms with Crippen LogP contribution in [-0.4, -0.2) is 20.6 Å². The molecule has 1 atom stereocenters. The van der Waals surface area contributed by atoms with Gasteiger partial charge in [-0.15, -0.1) is 0 Å². The molecule has 2 aromatic rings. The Balaban J connectivity index is 2.22. The third kappa shape index (κ3) is 2.80. The maximum atomic E-state index is 11.0. The summed E-state index contributed by atoms with van der Waals surface area (Å²) in [6.45, 7) is 2.17. The minimum absolute atomic E-state index is 0.540. The molecular weight excluding hydrogens is 242 g/mol.